The third-order valence-corrected chi connectivity index (χ3v) is 11.3. The molecule has 0 fully saturated rings. The van der Waals surface area contributed by atoms with Gasteiger partial charge in [-0.05, 0) is 5.54 Å². The van der Waals surface area contributed by atoms with Crippen LogP contribution in [-0.2, 0) is 0 Å². The SMILES string of the molecule is CC[Si](CC)(CC)C(C)C(C#N)C(C)B(O)O. The fourth-order valence-corrected chi connectivity index (χ4v) is 7.54. The Morgan fingerprint density at radius 3 is 1.76 bits per heavy atom. The Morgan fingerprint density at radius 1 is 1.12 bits per heavy atom. The van der Waals surface area contributed by atoms with Gasteiger partial charge in [-0.2, -0.15) is 5.26 Å². The number of hydrogen-bond donors (Lipinski definition) is 2. The Kier molecular flexibility index (Phi) is 7.07. The maximum absolute atomic E-state index is 9.32. The van der Waals surface area contributed by atoms with Crippen LogP contribution in [0.1, 0.15) is 34.6 Å². The van der Waals surface area contributed by atoms with Crippen LogP contribution < -0.4 is 0 Å². The van der Waals surface area contributed by atoms with E-state index < -0.39 is 15.2 Å². The first-order valence-electron chi connectivity index (χ1n) is 6.65. The zero-order valence-corrected chi connectivity index (χ0v) is 12.8. The van der Waals surface area contributed by atoms with Crippen LogP contribution in [0.3, 0.4) is 0 Å². The first-order chi connectivity index (χ1) is 7.90. The lowest BCUT2D eigenvalue weighted by molar-refractivity contribution is 0.367. The van der Waals surface area contributed by atoms with E-state index in [1.54, 1.807) is 6.92 Å². The van der Waals surface area contributed by atoms with Gasteiger partial charge in [-0.25, -0.2) is 0 Å². The van der Waals surface area contributed by atoms with Gasteiger partial charge < -0.3 is 10.0 Å². The molecule has 0 aliphatic carbocycles. The predicted octanol–water partition coefficient (Wildman–Crippen LogP) is 2.89. The highest BCUT2D eigenvalue weighted by molar-refractivity contribution is 6.81. The van der Waals surface area contributed by atoms with E-state index in [9.17, 15) is 15.3 Å². The van der Waals surface area contributed by atoms with Gasteiger partial charge in [-0.3, -0.25) is 0 Å². The smallest absolute Gasteiger partial charge is 0.427 e. The van der Waals surface area contributed by atoms with Crippen LogP contribution in [0, 0.1) is 17.2 Å². The number of rotatable bonds is 7. The van der Waals surface area contributed by atoms with Gasteiger partial charge in [0.15, 0.2) is 0 Å². The van der Waals surface area contributed by atoms with Gasteiger partial charge in [0, 0.05) is 11.7 Å². The number of nitriles is 1. The van der Waals surface area contributed by atoms with Crippen molar-refractivity contribution in [3.8, 4) is 6.07 Å². The van der Waals surface area contributed by atoms with Crippen molar-refractivity contribution in [2.24, 2.45) is 5.92 Å². The first kappa shape index (κ1) is 16.7. The fourth-order valence-electron chi connectivity index (χ4n) is 2.97. The van der Waals surface area contributed by atoms with Gasteiger partial charge in [0.2, 0.25) is 0 Å². The normalized spacial score (nSPS) is 17.1. The summed E-state index contributed by atoms with van der Waals surface area (Å²) in [6.45, 7) is 10.5. The maximum atomic E-state index is 9.32. The van der Waals surface area contributed by atoms with Crippen LogP contribution in [0.4, 0.5) is 0 Å². The van der Waals surface area contributed by atoms with Crippen LogP contribution in [0.2, 0.25) is 29.5 Å². The molecule has 0 aromatic heterocycles. The summed E-state index contributed by atoms with van der Waals surface area (Å²) in [5.74, 6) is -0.618. The van der Waals surface area contributed by atoms with E-state index in [4.69, 9.17) is 0 Å². The van der Waals surface area contributed by atoms with Crippen molar-refractivity contribution in [1.82, 2.24) is 0 Å². The standard InChI is InChI=1S/C12H26BNO2Si/c1-6-17(7-2,8-3)11(5)12(9-14)10(4)13(15)16/h10-12,15-16H,6-8H2,1-5H3. The maximum Gasteiger partial charge on any atom is 0.455 e. The largest absolute Gasteiger partial charge is 0.455 e. The molecule has 0 amide bonds. The lowest BCUT2D eigenvalue weighted by Gasteiger charge is -2.39. The summed E-state index contributed by atoms with van der Waals surface area (Å²) in [6.07, 6.45) is 0. The van der Waals surface area contributed by atoms with Gasteiger partial charge >= 0.3 is 7.12 Å². The molecule has 0 aromatic carbocycles. The molecule has 0 saturated carbocycles. The summed E-state index contributed by atoms with van der Waals surface area (Å²) in [5, 5.41) is 27.9. The van der Waals surface area contributed by atoms with Gasteiger partial charge in [0.05, 0.1) is 14.1 Å². The Morgan fingerprint density at radius 2 is 1.53 bits per heavy atom. The predicted molar refractivity (Wildman–Crippen MR) is 75.3 cm³/mol. The second kappa shape index (κ2) is 7.20. The molecule has 0 bridgehead atoms. The van der Waals surface area contributed by atoms with Crippen molar-refractivity contribution in [3.63, 3.8) is 0 Å². The highest BCUT2D eigenvalue weighted by Crippen LogP contribution is 2.42. The fraction of sp³-hybridized carbons (Fsp3) is 0.917. The number of hydrogen-bond acceptors (Lipinski definition) is 3. The highest BCUT2D eigenvalue weighted by Gasteiger charge is 2.42. The van der Waals surface area contributed by atoms with Crippen molar-refractivity contribution in [2.45, 2.75) is 64.1 Å². The Bertz CT molecular complexity index is 255. The summed E-state index contributed by atoms with van der Waals surface area (Å²) in [7, 11) is -2.85. The van der Waals surface area contributed by atoms with Crippen LogP contribution in [0.15, 0.2) is 0 Å². The molecule has 17 heavy (non-hydrogen) atoms. The summed E-state index contributed by atoms with van der Waals surface area (Å²) in [4.78, 5) is 0. The van der Waals surface area contributed by atoms with E-state index in [2.05, 4.69) is 33.8 Å². The molecule has 3 unspecified atom stereocenters. The Balaban J connectivity index is 5.09. The van der Waals surface area contributed by atoms with E-state index in [0.29, 0.717) is 5.54 Å². The lowest BCUT2D eigenvalue weighted by atomic mass is 9.66. The average Bonchev–Trinajstić information content (AvgIpc) is 2.32. The van der Waals surface area contributed by atoms with Crippen LogP contribution in [-0.4, -0.2) is 25.2 Å². The second-order valence-electron chi connectivity index (χ2n) is 5.14. The zero-order valence-electron chi connectivity index (χ0n) is 11.8. The molecule has 98 valence electrons. The molecule has 0 aromatic rings. The second-order valence-corrected chi connectivity index (χ2v) is 10.9. The molecule has 0 saturated heterocycles. The topological polar surface area (TPSA) is 64.2 Å². The molecule has 0 aliphatic rings. The molecular weight excluding hydrogens is 229 g/mol. The number of nitrogens with zero attached hydrogens (tertiary/aromatic N) is 1. The van der Waals surface area contributed by atoms with E-state index in [1.807, 2.05) is 0 Å². The molecule has 2 N–H and O–H groups in total. The highest BCUT2D eigenvalue weighted by atomic mass is 28.3. The molecule has 3 atom stereocenters. The van der Waals surface area contributed by atoms with Crippen LogP contribution in [0.5, 0.6) is 0 Å². The van der Waals surface area contributed by atoms with Crippen LogP contribution in [0.25, 0.3) is 0 Å². The quantitative estimate of drug-likeness (QED) is 0.687. The van der Waals surface area contributed by atoms with Gasteiger partial charge in [0.25, 0.3) is 0 Å². The minimum atomic E-state index is -1.46. The minimum absolute atomic E-state index is 0.249. The van der Waals surface area contributed by atoms with Crippen molar-refractivity contribution < 1.29 is 10.0 Å². The minimum Gasteiger partial charge on any atom is -0.427 e. The summed E-state index contributed by atoms with van der Waals surface area (Å²) in [6, 6.07) is 5.79. The monoisotopic (exact) mass is 255 g/mol. The van der Waals surface area contributed by atoms with E-state index in [1.165, 1.54) is 0 Å². The molecule has 3 nitrogen and oxygen atoms in total. The third kappa shape index (κ3) is 3.57. The van der Waals surface area contributed by atoms with E-state index in [-0.39, 0.29) is 11.7 Å². The molecule has 0 radical (unpaired) electrons. The molecular formula is C12H26BNO2Si. The molecule has 5 heteroatoms. The van der Waals surface area contributed by atoms with Crippen molar-refractivity contribution >= 4 is 15.2 Å². The molecule has 0 heterocycles. The Labute approximate surface area is 107 Å². The van der Waals surface area contributed by atoms with Crippen LogP contribution >= 0.6 is 0 Å². The summed E-state index contributed by atoms with van der Waals surface area (Å²) < 4.78 is 0. The average molecular weight is 255 g/mol. The van der Waals surface area contributed by atoms with E-state index in [0.717, 1.165) is 18.1 Å². The molecule has 0 spiro atoms. The summed E-state index contributed by atoms with van der Waals surface area (Å²) >= 11 is 0. The van der Waals surface area contributed by atoms with Gasteiger partial charge in [-0.15, -0.1) is 0 Å². The van der Waals surface area contributed by atoms with E-state index >= 15 is 0 Å². The van der Waals surface area contributed by atoms with Gasteiger partial charge in [0.1, 0.15) is 0 Å². The lowest BCUT2D eigenvalue weighted by Crippen LogP contribution is -2.42. The third-order valence-electron chi connectivity index (χ3n) is 4.80. The zero-order chi connectivity index (χ0) is 13.6. The first-order valence-corrected chi connectivity index (χ1v) is 9.35. The van der Waals surface area contributed by atoms with Crippen molar-refractivity contribution in [3.05, 3.63) is 0 Å². The Hall–Kier alpha value is -0.308. The molecule has 0 aliphatic heterocycles. The van der Waals surface area contributed by atoms with Crippen molar-refractivity contribution in [2.75, 3.05) is 0 Å². The molecule has 0 rings (SSSR count). The van der Waals surface area contributed by atoms with Crippen molar-refractivity contribution in [1.29, 1.82) is 5.26 Å². The van der Waals surface area contributed by atoms with Gasteiger partial charge in [-0.1, -0.05) is 52.8 Å². The summed E-state index contributed by atoms with van der Waals surface area (Å²) in [5.41, 5.74) is 0.310.